The van der Waals surface area contributed by atoms with Crippen molar-refractivity contribution < 1.29 is 9.90 Å². The minimum absolute atomic E-state index is 0.304. The molecule has 0 spiro atoms. The third-order valence-corrected chi connectivity index (χ3v) is 2.86. The second kappa shape index (κ2) is 4.91. The third kappa shape index (κ3) is 2.51. The van der Waals surface area contributed by atoms with Crippen molar-refractivity contribution in [2.24, 2.45) is 7.05 Å². The van der Waals surface area contributed by atoms with E-state index < -0.39 is 5.97 Å². The van der Waals surface area contributed by atoms with Gasteiger partial charge in [-0.25, -0.2) is 4.79 Å². The molecular formula is C13H15N3O2. The summed E-state index contributed by atoms with van der Waals surface area (Å²) in [6, 6.07) is 6.98. The van der Waals surface area contributed by atoms with Gasteiger partial charge in [-0.2, -0.15) is 5.10 Å². The van der Waals surface area contributed by atoms with Gasteiger partial charge in [0.05, 0.1) is 17.8 Å². The smallest absolute Gasteiger partial charge is 0.335 e. The molecule has 1 aromatic heterocycles. The lowest BCUT2D eigenvalue weighted by atomic mass is 10.1. The number of rotatable bonds is 4. The molecule has 18 heavy (non-hydrogen) atoms. The van der Waals surface area contributed by atoms with E-state index in [2.05, 4.69) is 10.4 Å². The average molecular weight is 245 g/mol. The number of carbonyl (C=O) groups is 1. The number of anilines is 1. The van der Waals surface area contributed by atoms with Crippen molar-refractivity contribution in [3.63, 3.8) is 0 Å². The number of nitrogens with one attached hydrogen (secondary N) is 1. The second-order valence-corrected chi connectivity index (χ2v) is 4.13. The van der Waals surface area contributed by atoms with E-state index in [9.17, 15) is 4.79 Å². The number of nitrogens with zero attached hydrogens (tertiary/aromatic N) is 2. The Morgan fingerprint density at radius 1 is 1.44 bits per heavy atom. The molecule has 2 aromatic rings. The SMILES string of the molecule is Cc1cc(C(=O)O)ccc1NCc1ccnn1C. The zero-order valence-electron chi connectivity index (χ0n) is 10.3. The van der Waals surface area contributed by atoms with E-state index in [1.165, 1.54) is 0 Å². The highest BCUT2D eigenvalue weighted by Crippen LogP contribution is 2.17. The summed E-state index contributed by atoms with van der Waals surface area (Å²) in [5, 5.41) is 16.2. The summed E-state index contributed by atoms with van der Waals surface area (Å²) >= 11 is 0. The van der Waals surface area contributed by atoms with Gasteiger partial charge < -0.3 is 10.4 Å². The van der Waals surface area contributed by atoms with Gasteiger partial charge in [-0.3, -0.25) is 4.68 Å². The average Bonchev–Trinajstić information content (AvgIpc) is 2.73. The largest absolute Gasteiger partial charge is 0.478 e. The Morgan fingerprint density at radius 3 is 2.78 bits per heavy atom. The van der Waals surface area contributed by atoms with Gasteiger partial charge in [0, 0.05) is 18.9 Å². The van der Waals surface area contributed by atoms with Crippen LogP contribution in [0.4, 0.5) is 5.69 Å². The van der Waals surface area contributed by atoms with Crippen LogP contribution in [0, 0.1) is 6.92 Å². The van der Waals surface area contributed by atoms with Crippen molar-refractivity contribution in [1.82, 2.24) is 9.78 Å². The minimum Gasteiger partial charge on any atom is -0.478 e. The van der Waals surface area contributed by atoms with Crippen LogP contribution in [-0.4, -0.2) is 20.9 Å². The molecule has 5 heteroatoms. The lowest BCUT2D eigenvalue weighted by Crippen LogP contribution is -2.07. The molecule has 1 aromatic carbocycles. The molecule has 5 nitrogen and oxygen atoms in total. The van der Waals surface area contributed by atoms with Gasteiger partial charge >= 0.3 is 5.97 Å². The van der Waals surface area contributed by atoms with E-state index in [1.807, 2.05) is 20.0 Å². The Hall–Kier alpha value is -2.30. The number of benzene rings is 1. The molecule has 1 heterocycles. The number of carboxylic acid groups (broad SMARTS) is 1. The molecular weight excluding hydrogens is 230 g/mol. The quantitative estimate of drug-likeness (QED) is 0.865. The molecule has 2 rings (SSSR count). The summed E-state index contributed by atoms with van der Waals surface area (Å²) in [6.07, 6.45) is 1.75. The van der Waals surface area contributed by atoms with E-state index in [0.29, 0.717) is 12.1 Å². The number of aryl methyl sites for hydroxylation is 2. The summed E-state index contributed by atoms with van der Waals surface area (Å²) in [6.45, 7) is 2.54. The van der Waals surface area contributed by atoms with Crippen LogP contribution in [0.15, 0.2) is 30.5 Å². The Labute approximate surface area is 105 Å². The van der Waals surface area contributed by atoms with Gasteiger partial charge in [0.2, 0.25) is 0 Å². The van der Waals surface area contributed by atoms with Crippen molar-refractivity contribution in [2.45, 2.75) is 13.5 Å². The van der Waals surface area contributed by atoms with E-state index in [0.717, 1.165) is 16.9 Å². The molecule has 0 bridgehead atoms. The van der Waals surface area contributed by atoms with E-state index >= 15 is 0 Å². The van der Waals surface area contributed by atoms with Crippen LogP contribution in [-0.2, 0) is 13.6 Å². The number of hydrogen-bond donors (Lipinski definition) is 2. The van der Waals surface area contributed by atoms with Crippen LogP contribution in [0.25, 0.3) is 0 Å². The highest BCUT2D eigenvalue weighted by Gasteiger charge is 2.06. The van der Waals surface area contributed by atoms with Crippen LogP contribution < -0.4 is 5.32 Å². The minimum atomic E-state index is -0.906. The maximum absolute atomic E-state index is 10.8. The molecule has 0 aliphatic heterocycles. The second-order valence-electron chi connectivity index (χ2n) is 4.13. The summed E-state index contributed by atoms with van der Waals surface area (Å²) in [7, 11) is 1.89. The Balaban J connectivity index is 2.11. The fourth-order valence-corrected chi connectivity index (χ4v) is 1.76. The summed E-state index contributed by atoms with van der Waals surface area (Å²) in [5.41, 5.74) is 3.22. The van der Waals surface area contributed by atoms with Crippen molar-refractivity contribution >= 4 is 11.7 Å². The van der Waals surface area contributed by atoms with Gasteiger partial charge in [0.25, 0.3) is 0 Å². The normalized spacial score (nSPS) is 10.3. The molecule has 94 valence electrons. The van der Waals surface area contributed by atoms with E-state index in [4.69, 9.17) is 5.11 Å². The van der Waals surface area contributed by atoms with E-state index in [-0.39, 0.29) is 0 Å². The number of carboxylic acids is 1. The molecule has 0 atom stereocenters. The fourth-order valence-electron chi connectivity index (χ4n) is 1.76. The predicted octanol–water partition coefficient (Wildman–Crippen LogP) is 2.04. The summed E-state index contributed by atoms with van der Waals surface area (Å²) in [5.74, 6) is -0.906. The van der Waals surface area contributed by atoms with Gasteiger partial charge in [0.15, 0.2) is 0 Å². The molecule has 0 radical (unpaired) electrons. The highest BCUT2D eigenvalue weighted by atomic mass is 16.4. The van der Waals surface area contributed by atoms with Crippen LogP contribution in [0.3, 0.4) is 0 Å². The van der Waals surface area contributed by atoms with Gasteiger partial charge in [-0.05, 0) is 36.8 Å². The van der Waals surface area contributed by atoms with Gasteiger partial charge in [-0.15, -0.1) is 0 Å². The molecule has 0 aliphatic rings. The molecule has 0 unspecified atom stereocenters. The first-order valence-corrected chi connectivity index (χ1v) is 5.62. The number of aromatic nitrogens is 2. The monoisotopic (exact) mass is 245 g/mol. The van der Waals surface area contributed by atoms with Crippen LogP contribution in [0.2, 0.25) is 0 Å². The van der Waals surface area contributed by atoms with E-state index in [1.54, 1.807) is 29.1 Å². The van der Waals surface area contributed by atoms with Crippen molar-refractivity contribution in [3.8, 4) is 0 Å². The Bertz CT molecular complexity index is 575. The van der Waals surface area contributed by atoms with Crippen LogP contribution in [0.1, 0.15) is 21.6 Å². The van der Waals surface area contributed by atoms with Crippen molar-refractivity contribution in [1.29, 1.82) is 0 Å². The van der Waals surface area contributed by atoms with Crippen molar-refractivity contribution in [3.05, 3.63) is 47.3 Å². The van der Waals surface area contributed by atoms with Gasteiger partial charge in [-0.1, -0.05) is 0 Å². The number of hydrogen-bond acceptors (Lipinski definition) is 3. The highest BCUT2D eigenvalue weighted by molar-refractivity contribution is 5.88. The summed E-state index contributed by atoms with van der Waals surface area (Å²) in [4.78, 5) is 10.8. The zero-order chi connectivity index (χ0) is 13.1. The molecule has 0 saturated carbocycles. The topological polar surface area (TPSA) is 67.2 Å². The molecule has 0 fully saturated rings. The standard InChI is InChI=1S/C13H15N3O2/c1-9-7-10(13(17)18)3-4-12(9)14-8-11-5-6-15-16(11)2/h3-7,14H,8H2,1-2H3,(H,17,18). The molecule has 0 saturated heterocycles. The first-order valence-electron chi connectivity index (χ1n) is 5.62. The fraction of sp³-hybridized carbons (Fsp3) is 0.231. The molecule has 0 aliphatic carbocycles. The maximum atomic E-state index is 10.8. The summed E-state index contributed by atoms with van der Waals surface area (Å²) < 4.78 is 1.80. The first kappa shape index (κ1) is 12.2. The zero-order valence-corrected chi connectivity index (χ0v) is 10.3. The third-order valence-electron chi connectivity index (χ3n) is 2.86. The van der Waals surface area contributed by atoms with Crippen molar-refractivity contribution in [2.75, 3.05) is 5.32 Å². The van der Waals surface area contributed by atoms with Crippen LogP contribution >= 0.6 is 0 Å². The predicted molar refractivity (Wildman–Crippen MR) is 68.7 cm³/mol. The first-order chi connectivity index (χ1) is 8.58. The molecule has 0 amide bonds. The lowest BCUT2D eigenvalue weighted by molar-refractivity contribution is 0.0697. The number of aromatic carboxylic acids is 1. The maximum Gasteiger partial charge on any atom is 0.335 e. The Kier molecular flexibility index (Phi) is 3.32. The lowest BCUT2D eigenvalue weighted by Gasteiger charge is -2.10. The molecule has 2 N–H and O–H groups in total. The van der Waals surface area contributed by atoms with Gasteiger partial charge in [0.1, 0.15) is 0 Å². The van der Waals surface area contributed by atoms with Crippen LogP contribution in [0.5, 0.6) is 0 Å². The Morgan fingerprint density at radius 2 is 2.22 bits per heavy atom.